The minimum Gasteiger partial charge on any atom is -0.471 e. The zero-order chi connectivity index (χ0) is 28.1. The van der Waals surface area contributed by atoms with Gasteiger partial charge in [-0.25, -0.2) is 0 Å². The third-order valence-corrected chi connectivity index (χ3v) is 7.32. The summed E-state index contributed by atoms with van der Waals surface area (Å²) >= 11 is 0. The monoisotopic (exact) mass is 547 g/mol. The molecule has 39 heavy (non-hydrogen) atoms. The molecule has 222 valence electrons. The summed E-state index contributed by atoms with van der Waals surface area (Å²) in [5, 5.41) is 23.7. The Morgan fingerprint density at radius 2 is 1.54 bits per heavy atom. The van der Waals surface area contributed by atoms with E-state index in [1.807, 2.05) is 37.3 Å². The molecule has 0 saturated carbocycles. The predicted molar refractivity (Wildman–Crippen MR) is 155 cm³/mol. The van der Waals surface area contributed by atoms with Crippen LogP contribution in [0.4, 0.5) is 0 Å². The number of amides is 1. The molecule has 0 aromatic heterocycles. The maximum atomic E-state index is 12.9. The van der Waals surface area contributed by atoms with Crippen molar-refractivity contribution in [3.8, 4) is 0 Å². The fraction of sp³-hybridized carbons (Fsp3) is 0.719. The van der Waals surface area contributed by atoms with Crippen molar-refractivity contribution >= 4 is 5.91 Å². The third kappa shape index (κ3) is 13.3. The van der Waals surface area contributed by atoms with Crippen molar-refractivity contribution in [1.29, 1.82) is 0 Å². The molecule has 0 bridgehead atoms. The molecule has 5 atom stereocenters. The lowest BCUT2D eigenvalue weighted by Crippen LogP contribution is -2.65. The van der Waals surface area contributed by atoms with Crippen molar-refractivity contribution < 1.29 is 29.2 Å². The second kappa shape index (κ2) is 20.9. The van der Waals surface area contributed by atoms with Gasteiger partial charge in [-0.1, -0.05) is 120 Å². The standard InChI is InChI=1S/C32H53NO6/c1-3-5-6-7-8-9-10-11-12-13-14-15-19-22-28(35)33-29-31(38-25-26-20-17-16-18-21-26)30(36)27(24-34)39-32(29)37-23-4-2/h4,16-18,20-21,23,27,29-32,34,36H,3,5-15,19,22,24-25H2,1-2H3,(H,33,35)/t27-,29+,30-,31-,32+/m1/s1. The van der Waals surface area contributed by atoms with Gasteiger partial charge in [0.2, 0.25) is 12.2 Å². The summed E-state index contributed by atoms with van der Waals surface area (Å²) in [5.41, 5.74) is 0.944. The first kappa shape index (κ1) is 33.3. The van der Waals surface area contributed by atoms with Gasteiger partial charge < -0.3 is 29.7 Å². The molecule has 1 heterocycles. The second-order valence-electron chi connectivity index (χ2n) is 10.7. The first-order valence-electron chi connectivity index (χ1n) is 15.3. The van der Waals surface area contributed by atoms with Gasteiger partial charge in [-0.05, 0) is 18.9 Å². The minimum absolute atomic E-state index is 0.122. The number of hydrogen-bond acceptors (Lipinski definition) is 6. The molecule has 1 fully saturated rings. The Morgan fingerprint density at radius 3 is 2.10 bits per heavy atom. The van der Waals surface area contributed by atoms with Gasteiger partial charge in [-0.15, -0.1) is 0 Å². The fourth-order valence-corrected chi connectivity index (χ4v) is 5.02. The molecular weight excluding hydrogens is 494 g/mol. The molecule has 1 aromatic rings. The Morgan fingerprint density at radius 1 is 0.949 bits per heavy atom. The fourth-order valence-electron chi connectivity index (χ4n) is 5.02. The van der Waals surface area contributed by atoms with E-state index >= 15 is 0 Å². The van der Waals surface area contributed by atoms with Crippen molar-refractivity contribution in [2.24, 2.45) is 0 Å². The summed E-state index contributed by atoms with van der Waals surface area (Å²) in [6.45, 7) is 3.93. The van der Waals surface area contributed by atoms with Crippen LogP contribution in [-0.4, -0.2) is 53.4 Å². The number of nitrogens with one attached hydrogen (secondary N) is 1. The number of carbonyl (C=O) groups excluding carboxylic acids is 1. The molecule has 0 unspecified atom stereocenters. The molecule has 7 heteroatoms. The lowest BCUT2D eigenvalue weighted by molar-refractivity contribution is -0.265. The van der Waals surface area contributed by atoms with E-state index in [9.17, 15) is 15.0 Å². The number of ether oxygens (including phenoxy) is 3. The van der Waals surface area contributed by atoms with Crippen molar-refractivity contribution in [3.05, 3.63) is 48.2 Å². The van der Waals surface area contributed by atoms with Crippen LogP contribution in [0.15, 0.2) is 42.7 Å². The Bertz CT molecular complexity index is 773. The van der Waals surface area contributed by atoms with E-state index in [1.165, 1.54) is 70.5 Å². The van der Waals surface area contributed by atoms with Crippen molar-refractivity contribution in [3.63, 3.8) is 0 Å². The number of benzene rings is 1. The minimum atomic E-state index is -1.12. The topological polar surface area (TPSA) is 97.2 Å². The van der Waals surface area contributed by atoms with E-state index in [4.69, 9.17) is 14.2 Å². The van der Waals surface area contributed by atoms with Gasteiger partial charge in [0, 0.05) is 6.42 Å². The Labute approximate surface area is 236 Å². The molecule has 1 aromatic carbocycles. The molecule has 0 aliphatic carbocycles. The molecule has 1 amide bonds. The average molecular weight is 548 g/mol. The van der Waals surface area contributed by atoms with E-state index < -0.39 is 30.6 Å². The molecule has 2 rings (SSSR count). The van der Waals surface area contributed by atoms with E-state index in [-0.39, 0.29) is 19.1 Å². The van der Waals surface area contributed by atoms with Crippen LogP contribution < -0.4 is 5.32 Å². The summed E-state index contributed by atoms with van der Waals surface area (Å²) in [6, 6.07) is 8.91. The van der Waals surface area contributed by atoms with Crippen LogP contribution in [0.3, 0.4) is 0 Å². The normalized spacial score (nSPS) is 23.2. The molecule has 7 nitrogen and oxygen atoms in total. The predicted octanol–water partition coefficient (Wildman–Crippen LogP) is 6.17. The van der Waals surface area contributed by atoms with Crippen LogP contribution in [0.2, 0.25) is 0 Å². The third-order valence-electron chi connectivity index (χ3n) is 7.32. The second-order valence-corrected chi connectivity index (χ2v) is 10.7. The SMILES string of the molecule is CC=CO[C@H]1O[C@H](CO)[C@@H](O)[C@H](OCc2ccccc2)[C@@H]1NC(=O)CCCCCCCCCCCCCCC. The van der Waals surface area contributed by atoms with E-state index in [1.54, 1.807) is 6.08 Å². The highest BCUT2D eigenvalue weighted by atomic mass is 16.7. The maximum absolute atomic E-state index is 12.9. The number of aliphatic hydroxyl groups excluding tert-OH is 2. The molecule has 1 saturated heterocycles. The highest BCUT2D eigenvalue weighted by molar-refractivity contribution is 5.76. The Balaban J connectivity index is 1.77. The van der Waals surface area contributed by atoms with Crippen molar-refractivity contribution in [2.45, 2.75) is 141 Å². The van der Waals surface area contributed by atoms with Crippen molar-refractivity contribution in [2.75, 3.05) is 6.61 Å². The average Bonchev–Trinajstić information content (AvgIpc) is 2.95. The molecule has 0 radical (unpaired) electrons. The van der Waals surface area contributed by atoms with E-state index in [2.05, 4.69) is 12.2 Å². The van der Waals surface area contributed by atoms with E-state index in [0.717, 1.165) is 24.8 Å². The van der Waals surface area contributed by atoms with Crippen LogP contribution in [0.5, 0.6) is 0 Å². The summed E-state index contributed by atoms with van der Waals surface area (Å²) in [5.74, 6) is -0.122. The van der Waals surface area contributed by atoms with Crippen molar-refractivity contribution in [1.82, 2.24) is 5.32 Å². The summed E-state index contributed by atoms with van der Waals surface area (Å²) in [7, 11) is 0. The smallest absolute Gasteiger partial charge is 0.222 e. The number of unbranched alkanes of at least 4 members (excludes halogenated alkanes) is 12. The number of hydrogen-bond donors (Lipinski definition) is 3. The largest absolute Gasteiger partial charge is 0.471 e. The quantitative estimate of drug-likeness (QED) is 0.126. The lowest BCUT2D eigenvalue weighted by atomic mass is 9.96. The zero-order valence-corrected chi connectivity index (χ0v) is 24.3. The molecular formula is C32H53NO6. The van der Waals surface area contributed by atoms with Gasteiger partial charge >= 0.3 is 0 Å². The molecule has 1 aliphatic rings. The lowest BCUT2D eigenvalue weighted by Gasteiger charge is -2.43. The zero-order valence-electron chi connectivity index (χ0n) is 24.3. The van der Waals surface area contributed by atoms with Gasteiger partial charge in [0.1, 0.15) is 24.4 Å². The highest BCUT2D eigenvalue weighted by Crippen LogP contribution is 2.26. The van der Waals surface area contributed by atoms with Gasteiger partial charge in [0.05, 0.1) is 19.5 Å². The van der Waals surface area contributed by atoms with Crippen LogP contribution in [-0.2, 0) is 25.6 Å². The number of aliphatic hydroxyl groups is 2. The molecule has 0 spiro atoms. The Hall–Kier alpha value is -1.93. The van der Waals surface area contributed by atoms with Crippen LogP contribution in [0, 0.1) is 0 Å². The Kier molecular flexibility index (Phi) is 17.8. The first-order valence-corrected chi connectivity index (χ1v) is 15.3. The van der Waals surface area contributed by atoms with Crippen LogP contribution in [0.1, 0.15) is 109 Å². The molecule has 3 N–H and O–H groups in total. The summed E-state index contributed by atoms with van der Waals surface area (Å²) < 4.78 is 17.6. The number of carbonyl (C=O) groups is 1. The van der Waals surface area contributed by atoms with Crippen LogP contribution >= 0.6 is 0 Å². The summed E-state index contributed by atoms with van der Waals surface area (Å²) in [4.78, 5) is 12.9. The van der Waals surface area contributed by atoms with Gasteiger partial charge in [0.25, 0.3) is 0 Å². The molecule has 1 aliphatic heterocycles. The number of rotatable bonds is 21. The number of allylic oxidation sites excluding steroid dienone is 1. The summed E-state index contributed by atoms with van der Waals surface area (Å²) in [6.07, 6.45) is 16.2. The van der Waals surface area contributed by atoms with E-state index in [0.29, 0.717) is 6.42 Å². The van der Waals surface area contributed by atoms with Gasteiger partial charge in [-0.2, -0.15) is 0 Å². The first-order chi connectivity index (χ1) is 19.1. The van der Waals surface area contributed by atoms with Gasteiger partial charge in [0.15, 0.2) is 0 Å². The van der Waals surface area contributed by atoms with Crippen LogP contribution in [0.25, 0.3) is 0 Å². The highest BCUT2D eigenvalue weighted by Gasteiger charge is 2.47. The van der Waals surface area contributed by atoms with Gasteiger partial charge in [-0.3, -0.25) is 4.79 Å². The maximum Gasteiger partial charge on any atom is 0.222 e.